The average molecular weight is 494 g/mol. The number of sulfonamides is 2. The number of carbonyl (C=O) groups excluding carboxylic acids is 1. The van der Waals surface area contributed by atoms with Crippen LogP contribution in [0.5, 0.6) is 0 Å². The number of hydrogen-bond donors (Lipinski definition) is 2. The van der Waals surface area contributed by atoms with Crippen LogP contribution in [0.25, 0.3) is 0 Å². The second kappa shape index (κ2) is 9.29. The van der Waals surface area contributed by atoms with E-state index >= 15 is 0 Å². The van der Waals surface area contributed by atoms with Gasteiger partial charge in [-0.2, -0.15) is 0 Å². The summed E-state index contributed by atoms with van der Waals surface area (Å²) >= 11 is 5.80. The van der Waals surface area contributed by atoms with Crippen molar-refractivity contribution in [3.05, 3.63) is 83.4 Å². The molecule has 0 aliphatic heterocycles. The van der Waals surface area contributed by atoms with Gasteiger partial charge in [-0.25, -0.2) is 21.1 Å². The molecular weight excluding hydrogens is 474 g/mol. The van der Waals surface area contributed by atoms with E-state index in [1.165, 1.54) is 68.7 Å². The Labute approximate surface area is 191 Å². The fourth-order valence-electron chi connectivity index (χ4n) is 2.67. The summed E-state index contributed by atoms with van der Waals surface area (Å²) in [6, 6.07) is 17.4. The zero-order valence-electron chi connectivity index (χ0n) is 17.1. The van der Waals surface area contributed by atoms with Gasteiger partial charge in [0, 0.05) is 36.1 Å². The maximum Gasteiger partial charge on any atom is 0.261 e. The summed E-state index contributed by atoms with van der Waals surface area (Å²) in [6.07, 6.45) is 0. The van der Waals surface area contributed by atoms with Gasteiger partial charge in [-0.1, -0.05) is 17.7 Å². The van der Waals surface area contributed by atoms with Crippen LogP contribution in [0, 0.1) is 0 Å². The van der Waals surface area contributed by atoms with Crippen LogP contribution in [-0.2, 0) is 20.0 Å². The van der Waals surface area contributed by atoms with Gasteiger partial charge in [-0.3, -0.25) is 9.52 Å². The van der Waals surface area contributed by atoms with Crippen LogP contribution in [0.3, 0.4) is 0 Å². The van der Waals surface area contributed by atoms with Crippen molar-refractivity contribution in [3.8, 4) is 0 Å². The lowest BCUT2D eigenvalue weighted by Gasteiger charge is -2.13. The highest BCUT2D eigenvalue weighted by atomic mass is 35.5. The third-order valence-corrected chi connectivity index (χ3v) is 7.85. The molecule has 0 radical (unpaired) electrons. The van der Waals surface area contributed by atoms with E-state index in [0.717, 1.165) is 4.31 Å². The topological polar surface area (TPSA) is 113 Å². The number of rotatable bonds is 7. The summed E-state index contributed by atoms with van der Waals surface area (Å²) in [5.41, 5.74) is 0.846. The Hall–Kier alpha value is -2.92. The molecule has 3 rings (SSSR count). The van der Waals surface area contributed by atoms with Crippen molar-refractivity contribution in [2.45, 2.75) is 9.79 Å². The Morgan fingerprint density at radius 3 is 2.03 bits per heavy atom. The summed E-state index contributed by atoms with van der Waals surface area (Å²) in [6.45, 7) is 0. The van der Waals surface area contributed by atoms with E-state index in [1.807, 2.05) is 0 Å². The van der Waals surface area contributed by atoms with Crippen molar-refractivity contribution in [1.82, 2.24) is 4.31 Å². The first kappa shape index (κ1) is 23.7. The quantitative estimate of drug-likeness (QED) is 0.521. The number of hydrogen-bond acceptors (Lipinski definition) is 5. The van der Waals surface area contributed by atoms with Gasteiger partial charge in [0.15, 0.2) is 0 Å². The molecule has 0 fully saturated rings. The van der Waals surface area contributed by atoms with Gasteiger partial charge in [-0.05, 0) is 66.7 Å². The maximum absolute atomic E-state index is 12.5. The number of halogens is 1. The first-order valence-electron chi connectivity index (χ1n) is 9.21. The lowest BCUT2D eigenvalue weighted by Crippen LogP contribution is -2.22. The molecule has 3 aromatic rings. The molecule has 0 aliphatic carbocycles. The summed E-state index contributed by atoms with van der Waals surface area (Å²) < 4.78 is 53.1. The van der Waals surface area contributed by atoms with Crippen molar-refractivity contribution in [1.29, 1.82) is 0 Å². The number of carbonyl (C=O) groups is 1. The van der Waals surface area contributed by atoms with Crippen molar-refractivity contribution in [3.63, 3.8) is 0 Å². The van der Waals surface area contributed by atoms with Gasteiger partial charge < -0.3 is 5.32 Å². The zero-order valence-corrected chi connectivity index (χ0v) is 19.5. The van der Waals surface area contributed by atoms with Gasteiger partial charge >= 0.3 is 0 Å². The fourth-order valence-corrected chi connectivity index (χ4v) is 4.80. The third-order valence-electron chi connectivity index (χ3n) is 4.39. The SMILES string of the molecule is CN(C)S(=O)(=O)c1cccc(NC(=O)c2ccc(S(=O)(=O)Nc3ccc(Cl)cc3)cc2)c1. The average Bonchev–Trinajstić information content (AvgIpc) is 2.75. The van der Waals surface area contributed by atoms with Crippen molar-refractivity contribution < 1.29 is 21.6 Å². The van der Waals surface area contributed by atoms with Crippen LogP contribution in [0.4, 0.5) is 11.4 Å². The summed E-state index contributed by atoms with van der Waals surface area (Å²) in [4.78, 5) is 12.6. The molecule has 0 aromatic heterocycles. The molecule has 0 unspecified atom stereocenters. The van der Waals surface area contributed by atoms with Gasteiger partial charge in [0.2, 0.25) is 10.0 Å². The molecule has 2 N–H and O–H groups in total. The molecule has 168 valence electrons. The smallest absolute Gasteiger partial charge is 0.261 e. The Morgan fingerprint density at radius 2 is 1.44 bits per heavy atom. The van der Waals surface area contributed by atoms with Crippen LogP contribution in [-0.4, -0.2) is 41.1 Å². The van der Waals surface area contributed by atoms with E-state index in [2.05, 4.69) is 10.0 Å². The summed E-state index contributed by atoms with van der Waals surface area (Å²) in [7, 11) is -4.67. The molecule has 0 atom stereocenters. The van der Waals surface area contributed by atoms with Gasteiger partial charge in [-0.15, -0.1) is 0 Å². The lowest BCUT2D eigenvalue weighted by molar-refractivity contribution is 0.102. The molecule has 0 aliphatic rings. The minimum atomic E-state index is -3.85. The fraction of sp³-hybridized carbons (Fsp3) is 0.0952. The van der Waals surface area contributed by atoms with E-state index < -0.39 is 26.0 Å². The number of nitrogens with one attached hydrogen (secondary N) is 2. The molecule has 0 bridgehead atoms. The molecule has 1 amide bonds. The predicted octanol–water partition coefficient (Wildman–Crippen LogP) is 3.64. The van der Waals surface area contributed by atoms with Crippen LogP contribution in [0.2, 0.25) is 5.02 Å². The Morgan fingerprint density at radius 1 is 0.812 bits per heavy atom. The highest BCUT2D eigenvalue weighted by molar-refractivity contribution is 7.92. The van der Waals surface area contributed by atoms with Crippen LogP contribution in [0.15, 0.2) is 82.6 Å². The molecule has 8 nitrogen and oxygen atoms in total. The number of anilines is 2. The van der Waals surface area contributed by atoms with E-state index in [1.54, 1.807) is 18.2 Å². The van der Waals surface area contributed by atoms with Gasteiger partial charge in [0.25, 0.3) is 15.9 Å². The van der Waals surface area contributed by atoms with E-state index in [-0.39, 0.29) is 15.4 Å². The third kappa shape index (κ3) is 5.46. The molecular formula is C21H20ClN3O5S2. The molecule has 11 heteroatoms. The monoisotopic (exact) mass is 493 g/mol. The van der Waals surface area contributed by atoms with Crippen LogP contribution in [0.1, 0.15) is 10.4 Å². The molecule has 0 saturated heterocycles. The minimum Gasteiger partial charge on any atom is -0.322 e. The Bertz CT molecular complexity index is 1340. The number of nitrogens with zero attached hydrogens (tertiary/aromatic N) is 1. The van der Waals surface area contributed by atoms with Gasteiger partial charge in [0.05, 0.1) is 9.79 Å². The second-order valence-electron chi connectivity index (χ2n) is 6.91. The number of benzene rings is 3. The summed E-state index contributed by atoms with van der Waals surface area (Å²) in [5, 5.41) is 3.09. The molecule has 0 heterocycles. The highest BCUT2D eigenvalue weighted by Crippen LogP contribution is 2.21. The predicted molar refractivity (Wildman–Crippen MR) is 124 cm³/mol. The van der Waals surface area contributed by atoms with E-state index in [4.69, 9.17) is 11.6 Å². The molecule has 0 saturated carbocycles. The largest absolute Gasteiger partial charge is 0.322 e. The van der Waals surface area contributed by atoms with Crippen molar-refractivity contribution in [2.75, 3.05) is 24.1 Å². The van der Waals surface area contributed by atoms with Crippen molar-refractivity contribution >= 4 is 48.9 Å². The molecule has 3 aromatic carbocycles. The van der Waals surface area contributed by atoms with Crippen LogP contribution < -0.4 is 10.0 Å². The zero-order chi connectivity index (χ0) is 23.5. The Balaban J connectivity index is 1.75. The lowest BCUT2D eigenvalue weighted by atomic mass is 10.2. The first-order chi connectivity index (χ1) is 15.0. The van der Waals surface area contributed by atoms with Crippen molar-refractivity contribution in [2.24, 2.45) is 0 Å². The normalized spacial score (nSPS) is 11.9. The second-order valence-corrected chi connectivity index (χ2v) is 11.2. The minimum absolute atomic E-state index is 0.0249. The van der Waals surface area contributed by atoms with Crippen LogP contribution >= 0.6 is 11.6 Å². The van der Waals surface area contributed by atoms with Gasteiger partial charge in [0.1, 0.15) is 0 Å². The first-order valence-corrected chi connectivity index (χ1v) is 12.5. The standard InChI is InChI=1S/C21H20ClN3O5S2/c1-25(2)32(29,30)20-5-3-4-18(14-20)23-21(26)15-6-12-19(13-7-15)31(27,28)24-17-10-8-16(22)9-11-17/h3-14,24H,1-2H3,(H,23,26). The Kier molecular flexibility index (Phi) is 6.89. The van der Waals surface area contributed by atoms with E-state index in [0.29, 0.717) is 16.4 Å². The molecule has 32 heavy (non-hydrogen) atoms. The molecule has 0 spiro atoms. The maximum atomic E-state index is 12.5. The number of amides is 1. The summed E-state index contributed by atoms with van der Waals surface area (Å²) in [5.74, 6) is -0.515. The highest BCUT2D eigenvalue weighted by Gasteiger charge is 2.18. The van der Waals surface area contributed by atoms with E-state index in [9.17, 15) is 21.6 Å².